The fourth-order valence-corrected chi connectivity index (χ4v) is 2.17. The Morgan fingerprint density at radius 1 is 0.714 bits per heavy atom. The second-order valence-electron chi connectivity index (χ2n) is 4.89. The standard InChI is InChI=1S/C14H27N3O3Si/c1-4-7-10(18)15-13(16-11(19)8-5-2)14(21)17-12(20)9-6-3/h4-9H2,1-3,21H3,(H,15,18)(H,16,19)(H,17,20). The van der Waals surface area contributed by atoms with Gasteiger partial charge in [0.05, 0.1) is 10.2 Å². The molecule has 0 saturated heterocycles. The molecule has 0 spiro atoms. The molecule has 0 rings (SSSR count). The molecule has 0 aromatic carbocycles. The van der Waals surface area contributed by atoms with Crippen molar-refractivity contribution in [1.29, 1.82) is 0 Å². The maximum Gasteiger partial charge on any atom is 0.225 e. The third-order valence-electron chi connectivity index (χ3n) is 2.66. The van der Waals surface area contributed by atoms with Crippen LogP contribution < -0.4 is 16.0 Å². The molecule has 0 aromatic rings. The number of hydrogen-bond donors (Lipinski definition) is 3. The van der Waals surface area contributed by atoms with Gasteiger partial charge >= 0.3 is 0 Å². The number of carbonyl (C=O) groups excluding carboxylic acids is 3. The highest BCUT2D eigenvalue weighted by atomic mass is 28.1. The van der Waals surface area contributed by atoms with Gasteiger partial charge in [-0.15, -0.1) is 0 Å². The molecule has 3 N–H and O–H groups in total. The molecule has 0 aliphatic heterocycles. The molecule has 0 aliphatic rings. The summed E-state index contributed by atoms with van der Waals surface area (Å²) in [6.07, 6.45) is 3.38. The quantitative estimate of drug-likeness (QED) is 0.532. The first kappa shape index (κ1) is 19.4. The Morgan fingerprint density at radius 2 is 1.05 bits per heavy atom. The van der Waals surface area contributed by atoms with Gasteiger partial charge in [-0.25, -0.2) is 0 Å². The molecular weight excluding hydrogens is 286 g/mol. The van der Waals surface area contributed by atoms with E-state index in [1.165, 1.54) is 0 Å². The molecule has 0 radical (unpaired) electrons. The van der Waals surface area contributed by atoms with Gasteiger partial charge in [-0.2, -0.15) is 0 Å². The van der Waals surface area contributed by atoms with E-state index in [0.717, 1.165) is 19.3 Å². The van der Waals surface area contributed by atoms with Crippen molar-refractivity contribution in [3.8, 4) is 0 Å². The molecule has 3 amide bonds. The summed E-state index contributed by atoms with van der Waals surface area (Å²) in [5.74, 6) is -0.109. The Labute approximate surface area is 129 Å². The van der Waals surface area contributed by atoms with E-state index >= 15 is 0 Å². The lowest BCUT2D eigenvalue weighted by Crippen LogP contribution is -2.39. The summed E-state index contributed by atoms with van der Waals surface area (Å²) < 4.78 is 0. The van der Waals surface area contributed by atoms with Crippen LogP contribution in [0.25, 0.3) is 0 Å². The Balaban J connectivity index is 4.93. The maximum atomic E-state index is 11.7. The number of carbonyl (C=O) groups is 3. The lowest BCUT2D eigenvalue weighted by Gasteiger charge is -2.16. The van der Waals surface area contributed by atoms with Crippen molar-refractivity contribution in [2.24, 2.45) is 0 Å². The minimum Gasteiger partial charge on any atom is -0.331 e. The predicted molar refractivity (Wildman–Crippen MR) is 86.1 cm³/mol. The molecule has 120 valence electrons. The molecule has 0 unspecified atom stereocenters. The first-order chi connectivity index (χ1) is 9.94. The van der Waals surface area contributed by atoms with Crippen LogP contribution in [-0.4, -0.2) is 28.0 Å². The van der Waals surface area contributed by atoms with E-state index in [9.17, 15) is 14.4 Å². The minimum absolute atomic E-state index is 0.102. The van der Waals surface area contributed by atoms with Crippen molar-refractivity contribution in [2.75, 3.05) is 0 Å². The highest BCUT2D eigenvalue weighted by molar-refractivity contribution is 6.23. The van der Waals surface area contributed by atoms with Crippen molar-refractivity contribution in [3.63, 3.8) is 0 Å². The molecule has 21 heavy (non-hydrogen) atoms. The zero-order valence-corrected chi connectivity index (χ0v) is 15.5. The van der Waals surface area contributed by atoms with Gasteiger partial charge in [-0.3, -0.25) is 14.4 Å². The van der Waals surface area contributed by atoms with Crippen LogP contribution in [0.1, 0.15) is 59.3 Å². The van der Waals surface area contributed by atoms with E-state index in [2.05, 4.69) is 16.0 Å². The number of rotatable bonds is 9. The van der Waals surface area contributed by atoms with Crippen LogP contribution in [0, 0.1) is 0 Å². The average molecular weight is 313 g/mol. The summed E-state index contributed by atoms with van der Waals surface area (Å²) >= 11 is 0. The molecule has 0 saturated carbocycles. The van der Waals surface area contributed by atoms with Gasteiger partial charge < -0.3 is 16.0 Å². The van der Waals surface area contributed by atoms with Gasteiger partial charge in [0.15, 0.2) is 0 Å². The van der Waals surface area contributed by atoms with Crippen LogP contribution in [0.5, 0.6) is 0 Å². The highest BCUT2D eigenvalue weighted by Gasteiger charge is 2.12. The molecule has 0 fully saturated rings. The molecule has 0 heterocycles. The fraction of sp³-hybridized carbons (Fsp3) is 0.643. The van der Waals surface area contributed by atoms with E-state index in [4.69, 9.17) is 0 Å². The second kappa shape index (κ2) is 11.1. The predicted octanol–water partition coefficient (Wildman–Crippen LogP) is 0.227. The number of hydrogen-bond acceptors (Lipinski definition) is 3. The Morgan fingerprint density at radius 3 is 1.38 bits per heavy atom. The summed E-state index contributed by atoms with van der Waals surface area (Å²) in [4.78, 5) is 35.1. The normalized spacial score (nSPS) is 9.86. The highest BCUT2D eigenvalue weighted by Crippen LogP contribution is 1.98. The van der Waals surface area contributed by atoms with E-state index in [0.29, 0.717) is 40.6 Å². The number of nitrogens with one attached hydrogen (secondary N) is 3. The van der Waals surface area contributed by atoms with Crippen molar-refractivity contribution in [3.05, 3.63) is 11.1 Å². The Bertz CT molecular complexity index is 386. The minimum atomic E-state index is -0.164. The van der Waals surface area contributed by atoms with Gasteiger partial charge in [-0.05, 0) is 19.3 Å². The topological polar surface area (TPSA) is 87.3 Å². The van der Waals surface area contributed by atoms with Crippen LogP contribution in [-0.2, 0) is 14.4 Å². The molecule has 7 heteroatoms. The fourth-order valence-electron chi connectivity index (χ4n) is 1.64. The van der Waals surface area contributed by atoms with Gasteiger partial charge in [0.25, 0.3) is 0 Å². The van der Waals surface area contributed by atoms with Crippen LogP contribution >= 0.6 is 0 Å². The van der Waals surface area contributed by atoms with Gasteiger partial charge in [-0.1, -0.05) is 20.8 Å². The van der Waals surface area contributed by atoms with E-state index in [-0.39, 0.29) is 17.7 Å². The summed E-state index contributed by atoms with van der Waals surface area (Å²) in [6.45, 7) is 5.73. The van der Waals surface area contributed by atoms with E-state index in [1.54, 1.807) is 0 Å². The van der Waals surface area contributed by atoms with E-state index in [1.807, 2.05) is 20.8 Å². The van der Waals surface area contributed by atoms with Crippen molar-refractivity contribution >= 4 is 28.0 Å². The molecule has 0 aromatic heterocycles. The largest absolute Gasteiger partial charge is 0.331 e. The first-order valence-electron chi connectivity index (χ1n) is 7.54. The molecule has 0 atom stereocenters. The molecular formula is C14H27N3O3Si. The van der Waals surface area contributed by atoms with Crippen molar-refractivity contribution < 1.29 is 14.4 Å². The van der Waals surface area contributed by atoms with Gasteiger partial charge in [0.1, 0.15) is 5.82 Å². The summed E-state index contributed by atoms with van der Waals surface area (Å²) in [7, 11) is 0.515. The SMILES string of the molecule is CCCC(=O)NC([SiH3])=C(NC(=O)CCC)NC(=O)CCC. The van der Waals surface area contributed by atoms with Crippen molar-refractivity contribution in [1.82, 2.24) is 16.0 Å². The molecule has 6 nitrogen and oxygen atoms in total. The average Bonchev–Trinajstić information content (AvgIpc) is 2.38. The third kappa shape index (κ3) is 9.01. The maximum absolute atomic E-state index is 11.7. The summed E-state index contributed by atoms with van der Waals surface area (Å²) in [5, 5.41) is 8.70. The lowest BCUT2D eigenvalue weighted by molar-refractivity contribution is -0.122. The zero-order chi connectivity index (χ0) is 16.3. The third-order valence-corrected chi connectivity index (χ3v) is 3.41. The molecule has 0 bridgehead atoms. The summed E-state index contributed by atoms with van der Waals surface area (Å²) in [6, 6.07) is 0. The van der Waals surface area contributed by atoms with Crippen LogP contribution in [0.3, 0.4) is 0 Å². The first-order valence-corrected chi connectivity index (χ1v) is 8.54. The van der Waals surface area contributed by atoms with Gasteiger partial charge in [0.2, 0.25) is 17.7 Å². The monoisotopic (exact) mass is 313 g/mol. The van der Waals surface area contributed by atoms with E-state index < -0.39 is 0 Å². The van der Waals surface area contributed by atoms with Crippen LogP contribution in [0.2, 0.25) is 0 Å². The smallest absolute Gasteiger partial charge is 0.225 e. The van der Waals surface area contributed by atoms with Gasteiger partial charge in [0, 0.05) is 24.6 Å². The number of amides is 3. The second-order valence-corrected chi connectivity index (χ2v) is 5.89. The van der Waals surface area contributed by atoms with Crippen molar-refractivity contribution in [2.45, 2.75) is 59.3 Å². The summed E-state index contributed by atoms with van der Waals surface area (Å²) in [5.41, 5.74) is 0. The van der Waals surface area contributed by atoms with Crippen LogP contribution in [0.15, 0.2) is 11.1 Å². The lowest BCUT2D eigenvalue weighted by atomic mass is 10.3. The van der Waals surface area contributed by atoms with Crippen LogP contribution in [0.4, 0.5) is 0 Å². The zero-order valence-electron chi connectivity index (χ0n) is 13.5. The Hall–Kier alpha value is -1.63. The Kier molecular flexibility index (Phi) is 10.2. The molecule has 0 aliphatic carbocycles.